The highest BCUT2D eigenvalue weighted by Gasteiger charge is 2.23. The van der Waals surface area contributed by atoms with Crippen LogP contribution in [0.3, 0.4) is 0 Å². The van der Waals surface area contributed by atoms with E-state index in [-0.39, 0.29) is 12.2 Å². The number of methoxy groups -OCH3 is 1. The van der Waals surface area contributed by atoms with Crippen LogP contribution in [0.25, 0.3) is 0 Å². The zero-order valence-electron chi connectivity index (χ0n) is 14.5. The Hall–Kier alpha value is -2.08. The van der Waals surface area contributed by atoms with Crippen molar-refractivity contribution >= 4 is 0 Å². The van der Waals surface area contributed by atoms with Crippen LogP contribution in [-0.4, -0.2) is 46.1 Å². The predicted molar refractivity (Wildman–Crippen MR) is 96.2 cm³/mol. The zero-order chi connectivity index (χ0) is 17.3. The molecule has 5 nitrogen and oxygen atoms in total. The average Bonchev–Trinajstić information content (AvgIpc) is 2.69. The molecule has 1 heterocycles. The van der Waals surface area contributed by atoms with E-state index in [1.54, 1.807) is 7.11 Å². The highest BCUT2D eigenvalue weighted by Crippen LogP contribution is 2.25. The molecule has 3 rings (SSSR count). The van der Waals surface area contributed by atoms with Crippen LogP contribution in [0.15, 0.2) is 54.6 Å². The van der Waals surface area contributed by atoms with Gasteiger partial charge in [-0.25, -0.2) is 0 Å². The van der Waals surface area contributed by atoms with Crippen LogP contribution in [-0.2, 0) is 9.47 Å². The van der Waals surface area contributed by atoms with Crippen molar-refractivity contribution in [3.63, 3.8) is 0 Å². The Labute approximate surface area is 148 Å². The Morgan fingerprint density at radius 3 is 2.56 bits per heavy atom. The lowest BCUT2D eigenvalue weighted by Gasteiger charge is -2.30. The van der Waals surface area contributed by atoms with Gasteiger partial charge in [0.15, 0.2) is 11.5 Å². The molecule has 0 spiro atoms. The number of hydrogen-bond acceptors (Lipinski definition) is 5. The van der Waals surface area contributed by atoms with Gasteiger partial charge < -0.3 is 24.3 Å². The number of ether oxygens (including phenoxy) is 4. The van der Waals surface area contributed by atoms with Gasteiger partial charge in [0.1, 0.15) is 12.7 Å². The average molecular weight is 343 g/mol. The molecule has 25 heavy (non-hydrogen) atoms. The van der Waals surface area contributed by atoms with Crippen LogP contribution in [0, 0.1) is 0 Å². The van der Waals surface area contributed by atoms with E-state index < -0.39 is 0 Å². The lowest BCUT2D eigenvalue weighted by atomic mass is 10.1. The van der Waals surface area contributed by atoms with Crippen LogP contribution in [0.1, 0.15) is 11.7 Å². The molecule has 0 amide bonds. The molecule has 0 radical (unpaired) electrons. The summed E-state index contributed by atoms with van der Waals surface area (Å²) in [6, 6.07) is 17.9. The molecule has 0 unspecified atom stereocenters. The standard InChI is InChI=1S/C20H25NO4/c1-22-18-9-5-6-10-19(18)24-12-11-21-13-17-14-23-15-20(25-17)16-7-3-2-4-8-16/h2-10,17,20-21H,11-15H2,1H3/t17-,20+/m1/s1. The van der Waals surface area contributed by atoms with Crippen LogP contribution >= 0.6 is 0 Å². The first kappa shape index (κ1) is 17.7. The smallest absolute Gasteiger partial charge is 0.161 e. The zero-order valence-corrected chi connectivity index (χ0v) is 14.5. The third kappa shape index (κ3) is 5.19. The summed E-state index contributed by atoms with van der Waals surface area (Å²) >= 11 is 0. The molecule has 1 saturated heterocycles. The first-order valence-electron chi connectivity index (χ1n) is 8.61. The summed E-state index contributed by atoms with van der Waals surface area (Å²) in [5.41, 5.74) is 1.16. The minimum atomic E-state index is 0.00609. The SMILES string of the molecule is COc1ccccc1OCCNC[C@@H]1COC[C@@H](c2ccccc2)O1. The Kier molecular flexibility index (Phi) is 6.68. The second-order valence-electron chi connectivity index (χ2n) is 5.90. The molecule has 0 bridgehead atoms. The molecule has 0 aliphatic carbocycles. The first-order chi connectivity index (χ1) is 12.4. The van der Waals surface area contributed by atoms with Crippen LogP contribution in [0.2, 0.25) is 0 Å². The van der Waals surface area contributed by atoms with E-state index in [2.05, 4.69) is 17.4 Å². The summed E-state index contributed by atoms with van der Waals surface area (Å²) in [6.07, 6.45) is 0.0526. The van der Waals surface area contributed by atoms with Crippen molar-refractivity contribution in [3.8, 4) is 11.5 Å². The number of hydrogen-bond donors (Lipinski definition) is 1. The van der Waals surface area contributed by atoms with Crippen LogP contribution in [0.5, 0.6) is 11.5 Å². The van der Waals surface area contributed by atoms with Crippen molar-refractivity contribution in [2.75, 3.05) is 40.0 Å². The van der Waals surface area contributed by atoms with E-state index >= 15 is 0 Å². The fourth-order valence-corrected chi connectivity index (χ4v) is 2.80. The maximum atomic E-state index is 6.13. The summed E-state index contributed by atoms with van der Waals surface area (Å²) in [6.45, 7) is 3.25. The molecular formula is C20H25NO4. The summed E-state index contributed by atoms with van der Waals surface area (Å²) < 4.78 is 22.8. The third-order valence-electron chi connectivity index (χ3n) is 4.08. The van der Waals surface area contributed by atoms with E-state index in [1.807, 2.05) is 42.5 Å². The maximum Gasteiger partial charge on any atom is 0.161 e. The molecule has 134 valence electrons. The van der Waals surface area contributed by atoms with Gasteiger partial charge in [-0.2, -0.15) is 0 Å². The van der Waals surface area contributed by atoms with Crippen LogP contribution < -0.4 is 14.8 Å². The van der Waals surface area contributed by atoms with Gasteiger partial charge in [-0.15, -0.1) is 0 Å². The molecule has 2 atom stereocenters. The molecule has 5 heteroatoms. The molecule has 2 aromatic carbocycles. The number of benzene rings is 2. The minimum Gasteiger partial charge on any atom is -0.493 e. The van der Waals surface area contributed by atoms with Gasteiger partial charge >= 0.3 is 0 Å². The van der Waals surface area contributed by atoms with Crippen LogP contribution in [0.4, 0.5) is 0 Å². The van der Waals surface area contributed by atoms with Gasteiger partial charge in [0.2, 0.25) is 0 Å². The topological polar surface area (TPSA) is 49.0 Å². The fourth-order valence-electron chi connectivity index (χ4n) is 2.80. The van der Waals surface area contributed by atoms with Gasteiger partial charge in [0, 0.05) is 13.1 Å². The normalized spacial score (nSPS) is 20.2. The Morgan fingerprint density at radius 1 is 1.00 bits per heavy atom. The van der Waals surface area contributed by atoms with Crippen molar-refractivity contribution in [2.24, 2.45) is 0 Å². The van der Waals surface area contributed by atoms with Crippen molar-refractivity contribution in [1.29, 1.82) is 0 Å². The lowest BCUT2D eigenvalue weighted by molar-refractivity contribution is -0.138. The molecule has 2 aromatic rings. The number of para-hydroxylation sites is 2. The second kappa shape index (κ2) is 9.42. The number of rotatable bonds is 8. The van der Waals surface area contributed by atoms with Gasteiger partial charge in [0.05, 0.1) is 26.4 Å². The summed E-state index contributed by atoms with van der Waals surface area (Å²) in [7, 11) is 1.64. The Balaban J connectivity index is 1.37. The molecule has 0 saturated carbocycles. The van der Waals surface area contributed by atoms with Gasteiger partial charge in [-0.05, 0) is 17.7 Å². The Bertz CT molecular complexity index is 635. The monoisotopic (exact) mass is 343 g/mol. The van der Waals surface area contributed by atoms with Crippen molar-refractivity contribution in [2.45, 2.75) is 12.2 Å². The van der Waals surface area contributed by atoms with Gasteiger partial charge in [0.25, 0.3) is 0 Å². The first-order valence-corrected chi connectivity index (χ1v) is 8.61. The minimum absolute atomic E-state index is 0.00609. The highest BCUT2D eigenvalue weighted by atomic mass is 16.6. The molecule has 1 N–H and O–H groups in total. The fraction of sp³-hybridized carbons (Fsp3) is 0.400. The quantitative estimate of drug-likeness (QED) is 0.747. The molecule has 0 aromatic heterocycles. The maximum absolute atomic E-state index is 6.13. The second-order valence-corrected chi connectivity index (χ2v) is 5.90. The van der Waals surface area contributed by atoms with E-state index in [0.29, 0.717) is 19.8 Å². The van der Waals surface area contributed by atoms with Crippen molar-refractivity contribution < 1.29 is 18.9 Å². The predicted octanol–water partition coefficient (Wildman–Crippen LogP) is 2.82. The third-order valence-corrected chi connectivity index (χ3v) is 4.08. The summed E-state index contributed by atoms with van der Waals surface area (Å²) in [5, 5.41) is 3.36. The molecule has 1 aliphatic heterocycles. The Morgan fingerprint density at radius 2 is 1.76 bits per heavy atom. The van der Waals surface area contributed by atoms with E-state index in [4.69, 9.17) is 18.9 Å². The van der Waals surface area contributed by atoms with Crippen molar-refractivity contribution in [3.05, 3.63) is 60.2 Å². The largest absolute Gasteiger partial charge is 0.493 e. The summed E-state index contributed by atoms with van der Waals surface area (Å²) in [4.78, 5) is 0. The lowest BCUT2D eigenvalue weighted by Crippen LogP contribution is -2.39. The molecule has 1 aliphatic rings. The van der Waals surface area contributed by atoms with E-state index in [0.717, 1.165) is 30.2 Å². The van der Waals surface area contributed by atoms with E-state index in [9.17, 15) is 0 Å². The number of nitrogens with one attached hydrogen (secondary N) is 1. The van der Waals surface area contributed by atoms with Gasteiger partial charge in [-0.1, -0.05) is 42.5 Å². The van der Waals surface area contributed by atoms with Crippen molar-refractivity contribution in [1.82, 2.24) is 5.32 Å². The van der Waals surface area contributed by atoms with Gasteiger partial charge in [-0.3, -0.25) is 0 Å². The van der Waals surface area contributed by atoms with E-state index in [1.165, 1.54) is 0 Å². The molecule has 1 fully saturated rings. The molecular weight excluding hydrogens is 318 g/mol. The highest BCUT2D eigenvalue weighted by molar-refractivity contribution is 5.39. The summed E-state index contributed by atoms with van der Waals surface area (Å²) in [5.74, 6) is 1.51.